The molecular formula is C20H25NO3S. The molecule has 3 rings (SSSR count). The molecule has 25 heavy (non-hydrogen) atoms. The van der Waals surface area contributed by atoms with Crippen LogP contribution in [0, 0.1) is 5.92 Å². The van der Waals surface area contributed by atoms with Gasteiger partial charge in [-0.2, -0.15) is 11.8 Å². The van der Waals surface area contributed by atoms with Crippen molar-refractivity contribution in [1.82, 2.24) is 4.90 Å². The molecule has 0 saturated carbocycles. The molecular weight excluding hydrogens is 334 g/mol. The lowest BCUT2D eigenvalue weighted by atomic mass is 9.98. The van der Waals surface area contributed by atoms with Gasteiger partial charge in [0.1, 0.15) is 11.5 Å². The lowest BCUT2D eigenvalue weighted by molar-refractivity contribution is -0.139. The van der Waals surface area contributed by atoms with E-state index in [0.717, 1.165) is 48.9 Å². The molecule has 1 aliphatic rings. The zero-order valence-electron chi connectivity index (χ0n) is 14.6. The van der Waals surface area contributed by atoms with Gasteiger partial charge in [-0.3, -0.25) is 4.79 Å². The molecule has 4 nitrogen and oxygen atoms in total. The van der Waals surface area contributed by atoms with Crippen LogP contribution in [0.15, 0.2) is 53.1 Å². The van der Waals surface area contributed by atoms with Crippen LogP contribution in [0.2, 0.25) is 0 Å². The van der Waals surface area contributed by atoms with E-state index in [1.54, 1.807) is 6.26 Å². The van der Waals surface area contributed by atoms with Crippen molar-refractivity contribution in [3.8, 4) is 5.75 Å². The van der Waals surface area contributed by atoms with Crippen LogP contribution in [0.4, 0.5) is 0 Å². The van der Waals surface area contributed by atoms with Crippen LogP contribution in [-0.4, -0.2) is 35.8 Å². The molecule has 134 valence electrons. The Labute approximate surface area is 153 Å². The Hall–Kier alpha value is -1.88. The van der Waals surface area contributed by atoms with Gasteiger partial charge >= 0.3 is 0 Å². The highest BCUT2D eigenvalue weighted by Gasteiger charge is 2.27. The maximum Gasteiger partial charge on any atom is 0.263 e. The third kappa shape index (κ3) is 5.30. The average Bonchev–Trinajstić information content (AvgIpc) is 3.16. The molecule has 0 aliphatic carbocycles. The first-order valence-electron chi connectivity index (χ1n) is 8.83. The Morgan fingerprint density at radius 2 is 2.00 bits per heavy atom. The molecule has 1 aromatic carbocycles. The fourth-order valence-corrected chi connectivity index (χ4v) is 4.20. The summed E-state index contributed by atoms with van der Waals surface area (Å²) in [5.74, 6) is 4.59. The van der Waals surface area contributed by atoms with E-state index < -0.39 is 6.10 Å². The zero-order chi connectivity index (χ0) is 17.5. The van der Waals surface area contributed by atoms with Gasteiger partial charge in [-0.25, -0.2) is 0 Å². The van der Waals surface area contributed by atoms with Gasteiger partial charge in [-0.1, -0.05) is 18.2 Å². The molecule has 0 spiro atoms. The number of hydrogen-bond donors (Lipinski definition) is 0. The third-order valence-corrected chi connectivity index (χ3v) is 5.70. The van der Waals surface area contributed by atoms with E-state index >= 15 is 0 Å². The molecule has 1 aliphatic heterocycles. The molecule has 1 aromatic heterocycles. The zero-order valence-corrected chi connectivity index (χ0v) is 15.4. The third-order valence-electron chi connectivity index (χ3n) is 4.51. The van der Waals surface area contributed by atoms with Crippen molar-refractivity contribution in [3.05, 3.63) is 54.5 Å². The van der Waals surface area contributed by atoms with Crippen LogP contribution in [-0.2, 0) is 10.5 Å². The fourth-order valence-electron chi connectivity index (χ4n) is 3.05. The minimum Gasteiger partial charge on any atom is -0.481 e. The van der Waals surface area contributed by atoms with Gasteiger partial charge in [0.15, 0.2) is 6.10 Å². The van der Waals surface area contributed by atoms with Gasteiger partial charge in [-0.15, -0.1) is 0 Å². The monoisotopic (exact) mass is 359 g/mol. The first kappa shape index (κ1) is 17.9. The number of nitrogens with zero attached hydrogens (tertiary/aromatic N) is 1. The molecule has 2 aromatic rings. The SMILES string of the molecule is C[C@H](Oc1ccccc1)C(=O)N1CCC(CSCc2ccco2)CC1. The first-order chi connectivity index (χ1) is 12.2. The van der Waals surface area contributed by atoms with Crippen molar-refractivity contribution in [2.24, 2.45) is 5.92 Å². The minimum atomic E-state index is -0.438. The molecule has 1 atom stereocenters. The number of ether oxygens (including phenoxy) is 1. The highest BCUT2D eigenvalue weighted by molar-refractivity contribution is 7.98. The second-order valence-corrected chi connectivity index (χ2v) is 7.47. The topological polar surface area (TPSA) is 42.7 Å². The van der Waals surface area contributed by atoms with E-state index in [1.165, 1.54) is 0 Å². The first-order valence-corrected chi connectivity index (χ1v) is 9.98. The van der Waals surface area contributed by atoms with Crippen molar-refractivity contribution in [3.63, 3.8) is 0 Å². The molecule has 0 N–H and O–H groups in total. The smallest absolute Gasteiger partial charge is 0.263 e. The number of hydrogen-bond acceptors (Lipinski definition) is 4. The summed E-state index contributed by atoms with van der Waals surface area (Å²) >= 11 is 1.91. The summed E-state index contributed by atoms with van der Waals surface area (Å²) in [6.45, 7) is 3.49. The largest absolute Gasteiger partial charge is 0.481 e. The fraction of sp³-hybridized carbons (Fsp3) is 0.450. The van der Waals surface area contributed by atoms with Crippen LogP contribution in [0.1, 0.15) is 25.5 Å². The van der Waals surface area contributed by atoms with Crippen LogP contribution in [0.3, 0.4) is 0 Å². The highest BCUT2D eigenvalue weighted by atomic mass is 32.2. The Kier molecular flexibility index (Phi) is 6.45. The van der Waals surface area contributed by atoms with Crippen molar-refractivity contribution in [1.29, 1.82) is 0 Å². The molecule has 0 radical (unpaired) electrons. The Balaban J connectivity index is 1.38. The maximum atomic E-state index is 12.6. The number of para-hydroxylation sites is 1. The Morgan fingerprint density at radius 1 is 1.24 bits per heavy atom. The molecule has 1 fully saturated rings. The predicted octanol–water partition coefficient (Wildman–Crippen LogP) is 4.22. The van der Waals surface area contributed by atoms with Gasteiger partial charge in [0.25, 0.3) is 5.91 Å². The number of piperidine rings is 1. The summed E-state index contributed by atoms with van der Waals surface area (Å²) in [7, 11) is 0. The highest BCUT2D eigenvalue weighted by Crippen LogP contribution is 2.24. The van der Waals surface area contributed by atoms with E-state index in [9.17, 15) is 4.79 Å². The second kappa shape index (κ2) is 8.99. The minimum absolute atomic E-state index is 0.0885. The number of rotatable bonds is 7. The standard InChI is InChI=1S/C20H25NO3S/c1-16(24-18-6-3-2-4-7-18)20(22)21-11-9-17(10-12-21)14-25-15-19-8-5-13-23-19/h2-8,13,16-17H,9-12,14-15H2,1H3/t16-/m0/s1. The number of furan rings is 1. The number of likely N-dealkylation sites (tertiary alicyclic amines) is 1. The lowest BCUT2D eigenvalue weighted by Crippen LogP contribution is -2.45. The summed E-state index contributed by atoms with van der Waals surface area (Å²) in [5.41, 5.74) is 0. The summed E-state index contributed by atoms with van der Waals surface area (Å²) in [5, 5.41) is 0. The maximum absolute atomic E-state index is 12.6. The molecule has 0 unspecified atom stereocenters. The molecule has 5 heteroatoms. The van der Waals surface area contributed by atoms with E-state index in [1.807, 2.05) is 66.1 Å². The van der Waals surface area contributed by atoms with Gasteiger partial charge in [-0.05, 0) is 55.7 Å². The predicted molar refractivity (Wildman–Crippen MR) is 101 cm³/mol. The second-order valence-electron chi connectivity index (χ2n) is 6.44. The quantitative estimate of drug-likeness (QED) is 0.742. The van der Waals surface area contributed by atoms with E-state index in [4.69, 9.17) is 9.15 Å². The van der Waals surface area contributed by atoms with E-state index in [0.29, 0.717) is 5.92 Å². The number of benzene rings is 1. The van der Waals surface area contributed by atoms with Gasteiger partial charge in [0.2, 0.25) is 0 Å². The van der Waals surface area contributed by atoms with Gasteiger partial charge in [0, 0.05) is 13.1 Å². The van der Waals surface area contributed by atoms with Crippen molar-refractivity contribution < 1.29 is 13.9 Å². The summed E-state index contributed by atoms with van der Waals surface area (Å²) in [6.07, 6.45) is 3.41. The van der Waals surface area contributed by atoms with Crippen LogP contribution >= 0.6 is 11.8 Å². The molecule has 2 heterocycles. The van der Waals surface area contributed by atoms with E-state index in [-0.39, 0.29) is 5.91 Å². The van der Waals surface area contributed by atoms with Gasteiger partial charge < -0.3 is 14.1 Å². The van der Waals surface area contributed by atoms with Gasteiger partial charge in [0.05, 0.1) is 12.0 Å². The van der Waals surface area contributed by atoms with Crippen LogP contribution in [0.25, 0.3) is 0 Å². The summed E-state index contributed by atoms with van der Waals surface area (Å²) in [4.78, 5) is 14.5. The summed E-state index contributed by atoms with van der Waals surface area (Å²) < 4.78 is 11.1. The molecule has 0 bridgehead atoms. The van der Waals surface area contributed by atoms with Crippen molar-refractivity contribution >= 4 is 17.7 Å². The average molecular weight is 359 g/mol. The lowest BCUT2D eigenvalue weighted by Gasteiger charge is -2.33. The van der Waals surface area contributed by atoms with Crippen LogP contribution in [0.5, 0.6) is 5.75 Å². The normalized spacial score (nSPS) is 16.6. The number of thioether (sulfide) groups is 1. The van der Waals surface area contributed by atoms with Crippen molar-refractivity contribution in [2.75, 3.05) is 18.8 Å². The number of carbonyl (C=O) groups excluding carboxylic acids is 1. The summed E-state index contributed by atoms with van der Waals surface area (Å²) in [6, 6.07) is 13.5. The van der Waals surface area contributed by atoms with Crippen LogP contribution < -0.4 is 4.74 Å². The molecule has 1 amide bonds. The Morgan fingerprint density at radius 3 is 2.68 bits per heavy atom. The molecule has 1 saturated heterocycles. The van der Waals surface area contributed by atoms with E-state index in [2.05, 4.69) is 0 Å². The Bertz CT molecular complexity index is 636. The number of carbonyl (C=O) groups is 1. The van der Waals surface area contributed by atoms with Crippen molar-refractivity contribution in [2.45, 2.75) is 31.6 Å². The number of amides is 1.